The van der Waals surface area contributed by atoms with Crippen LogP contribution in [0.15, 0.2) is 35.7 Å². The SMILES string of the molecule is Cc1ccccc1CN(C)C(CN)c1sccc1C. The third kappa shape index (κ3) is 3.24. The molecular weight excluding hydrogens is 252 g/mol. The van der Waals surface area contributed by atoms with Gasteiger partial charge in [0.25, 0.3) is 0 Å². The number of hydrogen-bond donors (Lipinski definition) is 1. The molecule has 1 aromatic carbocycles. The van der Waals surface area contributed by atoms with Gasteiger partial charge in [0.05, 0.1) is 6.04 Å². The molecule has 2 N–H and O–H groups in total. The molecule has 2 aromatic rings. The van der Waals surface area contributed by atoms with Gasteiger partial charge in [0, 0.05) is 18.0 Å². The summed E-state index contributed by atoms with van der Waals surface area (Å²) in [5, 5.41) is 2.15. The first-order valence-corrected chi connectivity index (χ1v) is 7.50. The summed E-state index contributed by atoms with van der Waals surface area (Å²) in [7, 11) is 2.16. The van der Waals surface area contributed by atoms with Gasteiger partial charge in [-0.25, -0.2) is 0 Å². The van der Waals surface area contributed by atoms with Gasteiger partial charge in [-0.05, 0) is 49.0 Å². The van der Waals surface area contributed by atoms with E-state index in [9.17, 15) is 0 Å². The molecule has 0 saturated carbocycles. The largest absolute Gasteiger partial charge is 0.329 e. The minimum Gasteiger partial charge on any atom is -0.329 e. The summed E-state index contributed by atoms with van der Waals surface area (Å²) >= 11 is 1.80. The summed E-state index contributed by atoms with van der Waals surface area (Å²) < 4.78 is 0. The number of benzene rings is 1. The summed E-state index contributed by atoms with van der Waals surface area (Å²) in [4.78, 5) is 3.74. The van der Waals surface area contributed by atoms with Crippen molar-refractivity contribution in [1.82, 2.24) is 4.90 Å². The molecule has 102 valence electrons. The van der Waals surface area contributed by atoms with E-state index < -0.39 is 0 Å². The van der Waals surface area contributed by atoms with Gasteiger partial charge in [-0.2, -0.15) is 0 Å². The van der Waals surface area contributed by atoms with E-state index in [1.54, 1.807) is 11.3 Å². The van der Waals surface area contributed by atoms with Crippen LogP contribution in [0.2, 0.25) is 0 Å². The maximum absolute atomic E-state index is 5.99. The Bertz CT molecular complexity index is 533. The van der Waals surface area contributed by atoms with Crippen LogP contribution in [0.25, 0.3) is 0 Å². The predicted molar refractivity (Wildman–Crippen MR) is 83.5 cm³/mol. The maximum Gasteiger partial charge on any atom is 0.0567 e. The van der Waals surface area contributed by atoms with Gasteiger partial charge in [-0.1, -0.05) is 24.3 Å². The summed E-state index contributed by atoms with van der Waals surface area (Å²) in [5.41, 5.74) is 10.0. The molecule has 3 heteroatoms. The van der Waals surface area contributed by atoms with Gasteiger partial charge < -0.3 is 5.73 Å². The van der Waals surface area contributed by atoms with Crippen molar-refractivity contribution < 1.29 is 0 Å². The molecule has 0 radical (unpaired) electrons. The third-order valence-corrected chi connectivity index (χ3v) is 4.76. The fourth-order valence-corrected chi connectivity index (χ4v) is 3.49. The molecule has 0 fully saturated rings. The number of thiophene rings is 1. The highest BCUT2D eigenvalue weighted by Gasteiger charge is 2.19. The molecule has 0 bridgehead atoms. The van der Waals surface area contributed by atoms with Gasteiger partial charge in [-0.3, -0.25) is 4.90 Å². The number of nitrogens with two attached hydrogens (primary N) is 1. The van der Waals surface area contributed by atoms with Crippen LogP contribution in [0.5, 0.6) is 0 Å². The van der Waals surface area contributed by atoms with Gasteiger partial charge in [0.2, 0.25) is 0 Å². The first-order chi connectivity index (χ1) is 9.13. The zero-order chi connectivity index (χ0) is 13.8. The third-order valence-electron chi connectivity index (χ3n) is 3.64. The van der Waals surface area contributed by atoms with Gasteiger partial charge in [0.1, 0.15) is 0 Å². The second-order valence-electron chi connectivity index (χ2n) is 5.06. The van der Waals surface area contributed by atoms with Crippen molar-refractivity contribution in [2.24, 2.45) is 5.73 Å². The Balaban J connectivity index is 2.16. The molecule has 0 amide bonds. The zero-order valence-electron chi connectivity index (χ0n) is 11.9. The van der Waals surface area contributed by atoms with Gasteiger partial charge in [-0.15, -0.1) is 11.3 Å². The van der Waals surface area contributed by atoms with E-state index in [0.717, 1.165) is 6.54 Å². The summed E-state index contributed by atoms with van der Waals surface area (Å²) in [6.07, 6.45) is 0. The van der Waals surface area contributed by atoms with Crippen molar-refractivity contribution in [3.05, 3.63) is 57.3 Å². The van der Waals surface area contributed by atoms with Crippen LogP contribution in [0.3, 0.4) is 0 Å². The Morgan fingerprint density at radius 3 is 2.47 bits per heavy atom. The van der Waals surface area contributed by atoms with Crippen molar-refractivity contribution >= 4 is 11.3 Å². The maximum atomic E-state index is 5.99. The van der Waals surface area contributed by atoms with Crippen molar-refractivity contribution in [1.29, 1.82) is 0 Å². The average Bonchev–Trinajstić information content (AvgIpc) is 2.80. The molecule has 0 aliphatic rings. The second-order valence-corrected chi connectivity index (χ2v) is 6.01. The van der Waals surface area contributed by atoms with Crippen LogP contribution in [0, 0.1) is 13.8 Å². The molecule has 0 aliphatic heterocycles. The number of hydrogen-bond acceptors (Lipinski definition) is 3. The fraction of sp³-hybridized carbons (Fsp3) is 0.375. The number of likely N-dealkylation sites (N-methyl/N-ethyl adjacent to an activating group) is 1. The minimum atomic E-state index is 0.305. The predicted octanol–water partition coefficient (Wildman–Crippen LogP) is 3.50. The molecule has 1 atom stereocenters. The molecule has 0 saturated heterocycles. The first-order valence-electron chi connectivity index (χ1n) is 6.62. The lowest BCUT2D eigenvalue weighted by atomic mass is 10.1. The Kier molecular flexibility index (Phi) is 4.75. The van der Waals surface area contributed by atoms with E-state index in [1.165, 1.54) is 21.6 Å². The molecule has 1 aromatic heterocycles. The van der Waals surface area contributed by atoms with Gasteiger partial charge >= 0.3 is 0 Å². The highest BCUT2D eigenvalue weighted by molar-refractivity contribution is 7.10. The molecule has 19 heavy (non-hydrogen) atoms. The Morgan fingerprint density at radius 1 is 1.16 bits per heavy atom. The van der Waals surface area contributed by atoms with E-state index in [2.05, 4.69) is 61.5 Å². The smallest absolute Gasteiger partial charge is 0.0567 e. The molecular formula is C16H22N2S. The number of rotatable bonds is 5. The van der Waals surface area contributed by atoms with Crippen molar-refractivity contribution in [2.75, 3.05) is 13.6 Å². The van der Waals surface area contributed by atoms with Crippen LogP contribution in [-0.4, -0.2) is 18.5 Å². The van der Waals surface area contributed by atoms with Crippen molar-refractivity contribution in [2.45, 2.75) is 26.4 Å². The lowest BCUT2D eigenvalue weighted by Gasteiger charge is -2.27. The molecule has 0 aliphatic carbocycles. The monoisotopic (exact) mass is 274 g/mol. The van der Waals surface area contributed by atoms with E-state index >= 15 is 0 Å². The topological polar surface area (TPSA) is 29.3 Å². The van der Waals surface area contributed by atoms with Crippen LogP contribution < -0.4 is 5.73 Å². The molecule has 2 rings (SSSR count). The quantitative estimate of drug-likeness (QED) is 0.904. The highest BCUT2D eigenvalue weighted by Crippen LogP contribution is 2.28. The summed E-state index contributed by atoms with van der Waals surface area (Å²) in [6, 6.07) is 11.0. The minimum absolute atomic E-state index is 0.305. The fourth-order valence-electron chi connectivity index (χ4n) is 2.38. The van der Waals surface area contributed by atoms with Crippen LogP contribution in [0.1, 0.15) is 27.6 Å². The van der Waals surface area contributed by atoms with E-state index in [0.29, 0.717) is 12.6 Å². The highest BCUT2D eigenvalue weighted by atomic mass is 32.1. The van der Waals surface area contributed by atoms with Crippen LogP contribution in [-0.2, 0) is 6.54 Å². The zero-order valence-corrected chi connectivity index (χ0v) is 12.7. The van der Waals surface area contributed by atoms with Crippen molar-refractivity contribution in [3.63, 3.8) is 0 Å². The number of aryl methyl sites for hydroxylation is 2. The van der Waals surface area contributed by atoms with Gasteiger partial charge in [0.15, 0.2) is 0 Å². The summed E-state index contributed by atoms with van der Waals surface area (Å²) in [5.74, 6) is 0. The average molecular weight is 274 g/mol. The van der Waals surface area contributed by atoms with E-state index in [-0.39, 0.29) is 0 Å². The van der Waals surface area contributed by atoms with Crippen LogP contribution in [0.4, 0.5) is 0 Å². The van der Waals surface area contributed by atoms with E-state index in [4.69, 9.17) is 5.73 Å². The summed E-state index contributed by atoms with van der Waals surface area (Å²) in [6.45, 7) is 5.92. The Morgan fingerprint density at radius 2 is 1.89 bits per heavy atom. The van der Waals surface area contributed by atoms with Crippen LogP contribution >= 0.6 is 11.3 Å². The normalized spacial score (nSPS) is 12.9. The first kappa shape index (κ1) is 14.3. The van der Waals surface area contributed by atoms with E-state index in [1.807, 2.05) is 0 Å². The standard InChI is InChI=1S/C16H22N2S/c1-12-6-4-5-7-14(12)11-18(3)15(10-17)16-13(2)8-9-19-16/h4-9,15H,10-11,17H2,1-3H3. The second kappa shape index (κ2) is 6.33. The lowest BCUT2D eigenvalue weighted by Crippen LogP contribution is -2.30. The molecule has 0 spiro atoms. The van der Waals surface area contributed by atoms with Crippen molar-refractivity contribution in [3.8, 4) is 0 Å². The Labute approximate surface area is 119 Å². The molecule has 2 nitrogen and oxygen atoms in total. The number of nitrogens with zero attached hydrogens (tertiary/aromatic N) is 1. The Hall–Kier alpha value is -1.16. The molecule has 1 unspecified atom stereocenters. The molecule has 1 heterocycles. The lowest BCUT2D eigenvalue weighted by molar-refractivity contribution is 0.244.